The Balaban J connectivity index is 1.65. The highest BCUT2D eigenvalue weighted by molar-refractivity contribution is 5.43. The molecule has 0 N–H and O–H groups in total. The third-order valence-corrected chi connectivity index (χ3v) is 4.00. The van der Waals surface area contributed by atoms with Gasteiger partial charge in [0, 0.05) is 6.42 Å². The van der Waals surface area contributed by atoms with Crippen molar-refractivity contribution in [2.45, 2.75) is 57.3 Å². The van der Waals surface area contributed by atoms with Crippen LogP contribution in [0, 0.1) is 11.3 Å². The number of fused-ring (bicyclic) bond motifs is 1. The minimum absolute atomic E-state index is 0.135. The lowest BCUT2D eigenvalue weighted by Crippen LogP contribution is -2.31. The van der Waals surface area contributed by atoms with Crippen LogP contribution in [0.15, 0.2) is 18.2 Å². The molecule has 1 aliphatic carbocycles. The number of nitriles is 1. The molecule has 3 heteroatoms. The average Bonchev–Trinajstić information content (AvgIpc) is 2.47. The topological polar surface area (TPSA) is 42.2 Å². The number of benzene rings is 1. The molecule has 1 heterocycles. The van der Waals surface area contributed by atoms with Crippen LogP contribution in [0.1, 0.15) is 49.7 Å². The van der Waals surface area contributed by atoms with Crippen LogP contribution in [0.5, 0.6) is 5.75 Å². The molecule has 100 valence electrons. The molecule has 0 spiro atoms. The van der Waals surface area contributed by atoms with Crippen molar-refractivity contribution in [3.05, 3.63) is 29.3 Å². The summed E-state index contributed by atoms with van der Waals surface area (Å²) in [7, 11) is 0. The lowest BCUT2D eigenvalue weighted by molar-refractivity contribution is -0.136. The van der Waals surface area contributed by atoms with Gasteiger partial charge >= 0.3 is 0 Å². The molecule has 3 rings (SSSR count). The Morgan fingerprint density at radius 1 is 1.16 bits per heavy atom. The molecule has 3 nitrogen and oxygen atoms in total. The average molecular weight is 257 g/mol. The quantitative estimate of drug-likeness (QED) is 0.813. The van der Waals surface area contributed by atoms with E-state index in [4.69, 9.17) is 14.7 Å². The summed E-state index contributed by atoms with van der Waals surface area (Å²) in [5.74, 6) is 0.825. The number of nitrogens with zero attached hydrogens (tertiary/aromatic N) is 1. The van der Waals surface area contributed by atoms with Gasteiger partial charge in [-0.3, -0.25) is 0 Å². The van der Waals surface area contributed by atoms with E-state index in [9.17, 15) is 0 Å². The molecule has 1 aromatic rings. The van der Waals surface area contributed by atoms with E-state index in [1.165, 1.54) is 24.8 Å². The highest BCUT2D eigenvalue weighted by atomic mass is 16.7. The Kier molecular flexibility index (Phi) is 3.70. The Bertz CT molecular complexity index is 486. The summed E-state index contributed by atoms with van der Waals surface area (Å²) in [6.45, 7) is 0. The van der Waals surface area contributed by atoms with E-state index in [0.29, 0.717) is 11.7 Å². The maximum atomic E-state index is 8.93. The van der Waals surface area contributed by atoms with Gasteiger partial charge in [-0.1, -0.05) is 25.3 Å². The van der Waals surface area contributed by atoms with Crippen LogP contribution in [0.2, 0.25) is 0 Å². The first-order chi connectivity index (χ1) is 9.35. The number of aryl methyl sites for hydroxylation is 1. The van der Waals surface area contributed by atoms with Crippen molar-refractivity contribution < 1.29 is 9.47 Å². The van der Waals surface area contributed by atoms with Gasteiger partial charge in [-0.05, 0) is 37.0 Å². The van der Waals surface area contributed by atoms with Crippen molar-refractivity contribution in [3.8, 4) is 11.8 Å². The number of rotatable bonds is 2. The predicted octanol–water partition coefficient (Wildman–Crippen LogP) is 3.56. The van der Waals surface area contributed by atoms with Crippen LogP contribution in [0.25, 0.3) is 0 Å². The van der Waals surface area contributed by atoms with Crippen LogP contribution in [0.3, 0.4) is 0 Å². The summed E-state index contributed by atoms with van der Waals surface area (Å²) < 4.78 is 12.0. The van der Waals surface area contributed by atoms with E-state index in [2.05, 4.69) is 6.07 Å². The molecular weight excluding hydrogens is 238 g/mol. The van der Waals surface area contributed by atoms with E-state index in [0.717, 1.165) is 31.4 Å². The Hall–Kier alpha value is -1.53. The zero-order valence-corrected chi connectivity index (χ0v) is 11.1. The van der Waals surface area contributed by atoms with Gasteiger partial charge in [0.2, 0.25) is 0 Å². The largest absolute Gasteiger partial charge is 0.465 e. The summed E-state index contributed by atoms with van der Waals surface area (Å²) in [4.78, 5) is 0. The highest BCUT2D eigenvalue weighted by Crippen LogP contribution is 2.31. The summed E-state index contributed by atoms with van der Waals surface area (Å²) in [5.41, 5.74) is 1.83. The maximum Gasteiger partial charge on any atom is 0.200 e. The molecule has 19 heavy (non-hydrogen) atoms. The summed E-state index contributed by atoms with van der Waals surface area (Å²) in [6, 6.07) is 7.82. The minimum atomic E-state index is -0.135. The fraction of sp³-hybridized carbons (Fsp3) is 0.562. The summed E-state index contributed by atoms with van der Waals surface area (Å²) in [6.07, 6.45) is 8.30. The second-order valence-corrected chi connectivity index (χ2v) is 5.42. The molecule has 1 unspecified atom stereocenters. The normalized spacial score (nSPS) is 23.2. The molecule has 1 atom stereocenters. The summed E-state index contributed by atoms with van der Waals surface area (Å²) in [5, 5.41) is 8.93. The molecule has 1 aliphatic heterocycles. The smallest absolute Gasteiger partial charge is 0.200 e. The van der Waals surface area contributed by atoms with Crippen LogP contribution in [-0.4, -0.2) is 12.4 Å². The van der Waals surface area contributed by atoms with E-state index in [-0.39, 0.29) is 6.29 Å². The Morgan fingerprint density at radius 2 is 2.00 bits per heavy atom. The van der Waals surface area contributed by atoms with Crippen molar-refractivity contribution in [2.75, 3.05) is 0 Å². The standard InChI is InChI=1S/C16H19NO2/c17-11-12-6-7-13-8-9-16(19-15(13)10-12)18-14-4-2-1-3-5-14/h6-7,10,14,16H,1-5,8-9H2. The molecule has 1 fully saturated rings. The molecule has 0 aromatic heterocycles. The molecular formula is C16H19NO2. The first-order valence-electron chi connectivity index (χ1n) is 7.20. The lowest BCUT2D eigenvalue weighted by atomic mass is 9.97. The van der Waals surface area contributed by atoms with Crippen LogP contribution < -0.4 is 4.74 Å². The SMILES string of the molecule is N#Cc1ccc2c(c1)OC(OC1CCCCC1)CC2. The zero-order valence-electron chi connectivity index (χ0n) is 11.1. The third-order valence-electron chi connectivity index (χ3n) is 4.00. The first-order valence-corrected chi connectivity index (χ1v) is 7.20. The lowest BCUT2D eigenvalue weighted by Gasteiger charge is -2.31. The van der Waals surface area contributed by atoms with Crippen molar-refractivity contribution in [1.29, 1.82) is 5.26 Å². The summed E-state index contributed by atoms with van der Waals surface area (Å²) >= 11 is 0. The van der Waals surface area contributed by atoms with Crippen molar-refractivity contribution in [3.63, 3.8) is 0 Å². The van der Waals surface area contributed by atoms with E-state index < -0.39 is 0 Å². The van der Waals surface area contributed by atoms with Gasteiger partial charge < -0.3 is 9.47 Å². The fourth-order valence-electron chi connectivity index (χ4n) is 2.93. The van der Waals surface area contributed by atoms with Gasteiger partial charge in [-0.25, -0.2) is 0 Å². The van der Waals surface area contributed by atoms with E-state index in [1.54, 1.807) is 0 Å². The van der Waals surface area contributed by atoms with Gasteiger partial charge in [0.15, 0.2) is 6.29 Å². The van der Waals surface area contributed by atoms with Crippen LogP contribution >= 0.6 is 0 Å². The molecule has 1 aromatic carbocycles. The molecule has 0 radical (unpaired) electrons. The number of hydrogen-bond acceptors (Lipinski definition) is 3. The van der Waals surface area contributed by atoms with Gasteiger partial charge in [0.05, 0.1) is 17.7 Å². The molecule has 0 saturated heterocycles. The van der Waals surface area contributed by atoms with Crippen molar-refractivity contribution in [1.82, 2.24) is 0 Å². The van der Waals surface area contributed by atoms with Crippen LogP contribution in [-0.2, 0) is 11.2 Å². The second kappa shape index (κ2) is 5.63. The molecule has 2 aliphatic rings. The van der Waals surface area contributed by atoms with E-state index in [1.807, 2.05) is 18.2 Å². The molecule has 0 bridgehead atoms. The molecule has 0 amide bonds. The minimum Gasteiger partial charge on any atom is -0.465 e. The Morgan fingerprint density at radius 3 is 2.79 bits per heavy atom. The Labute approximate surface area is 114 Å². The first kappa shape index (κ1) is 12.5. The van der Waals surface area contributed by atoms with Gasteiger partial charge in [-0.15, -0.1) is 0 Å². The highest BCUT2D eigenvalue weighted by Gasteiger charge is 2.24. The maximum absolute atomic E-state index is 8.93. The molecule has 1 saturated carbocycles. The van der Waals surface area contributed by atoms with Gasteiger partial charge in [-0.2, -0.15) is 5.26 Å². The zero-order chi connectivity index (χ0) is 13.1. The van der Waals surface area contributed by atoms with Crippen molar-refractivity contribution in [2.24, 2.45) is 0 Å². The van der Waals surface area contributed by atoms with E-state index >= 15 is 0 Å². The van der Waals surface area contributed by atoms with Gasteiger partial charge in [0.1, 0.15) is 5.75 Å². The monoisotopic (exact) mass is 257 g/mol. The van der Waals surface area contributed by atoms with Crippen molar-refractivity contribution >= 4 is 0 Å². The van der Waals surface area contributed by atoms with Crippen LogP contribution in [0.4, 0.5) is 0 Å². The fourth-order valence-corrected chi connectivity index (χ4v) is 2.93. The second-order valence-electron chi connectivity index (χ2n) is 5.42. The predicted molar refractivity (Wildman–Crippen MR) is 71.9 cm³/mol. The number of hydrogen-bond donors (Lipinski definition) is 0. The number of ether oxygens (including phenoxy) is 2. The van der Waals surface area contributed by atoms with Gasteiger partial charge in [0.25, 0.3) is 0 Å². The third kappa shape index (κ3) is 2.90.